The van der Waals surface area contributed by atoms with Gasteiger partial charge in [-0.25, -0.2) is 4.79 Å². The second-order valence-corrected chi connectivity index (χ2v) is 6.45. The lowest BCUT2D eigenvalue weighted by Crippen LogP contribution is -2.41. The molecule has 7 heteroatoms. The summed E-state index contributed by atoms with van der Waals surface area (Å²) in [4.78, 5) is 10.9. The molecule has 120 valence electrons. The molecule has 0 spiro atoms. The van der Waals surface area contributed by atoms with Crippen molar-refractivity contribution in [2.45, 2.75) is 51.1 Å². The maximum atomic E-state index is 10.9. The van der Waals surface area contributed by atoms with E-state index in [1.54, 1.807) is 24.3 Å². The quantitative estimate of drug-likeness (QED) is 0.700. The van der Waals surface area contributed by atoms with Gasteiger partial charge in [0.1, 0.15) is 6.10 Å². The Hall–Kier alpha value is -1.41. The normalized spacial score (nSPS) is 22.4. The minimum absolute atomic E-state index is 0.274. The van der Waals surface area contributed by atoms with Crippen molar-refractivity contribution in [3.63, 3.8) is 0 Å². The highest BCUT2D eigenvalue weighted by atomic mass is 16.7. The Morgan fingerprint density at radius 2 is 1.59 bits per heavy atom. The fraction of sp³-hybridized carbons (Fsp3) is 0.533. The van der Waals surface area contributed by atoms with Crippen molar-refractivity contribution in [2.75, 3.05) is 0 Å². The Morgan fingerprint density at radius 3 is 2.09 bits per heavy atom. The zero-order chi connectivity index (χ0) is 16.7. The maximum Gasteiger partial charge on any atom is 0.495 e. The number of carbonyl (C=O) groups is 1. The zero-order valence-corrected chi connectivity index (χ0v) is 13.1. The molecule has 2 atom stereocenters. The Kier molecular flexibility index (Phi) is 4.36. The topological polar surface area (TPSA) is 96.2 Å². The molecule has 0 aromatic heterocycles. The zero-order valence-electron chi connectivity index (χ0n) is 13.1. The standard InChI is InChI=1S/C15H21BO6/c1-14(2)15(3,4)22-16(21-14)10-8-6-5-7-9(10)11(17)12(18)13(19)20/h5-8,11-12,17-18H,1-4H3,(H,19,20). The van der Waals surface area contributed by atoms with Gasteiger partial charge in [-0.2, -0.15) is 0 Å². The van der Waals surface area contributed by atoms with Gasteiger partial charge < -0.3 is 24.6 Å². The van der Waals surface area contributed by atoms with Crippen LogP contribution in [-0.2, 0) is 14.1 Å². The molecule has 2 rings (SSSR count). The highest BCUT2D eigenvalue weighted by molar-refractivity contribution is 6.62. The van der Waals surface area contributed by atoms with Crippen LogP contribution in [0.15, 0.2) is 24.3 Å². The average molecular weight is 308 g/mol. The fourth-order valence-corrected chi connectivity index (χ4v) is 2.27. The molecule has 1 aliphatic heterocycles. The van der Waals surface area contributed by atoms with Gasteiger partial charge in [0, 0.05) is 0 Å². The van der Waals surface area contributed by atoms with Gasteiger partial charge in [0.2, 0.25) is 0 Å². The number of benzene rings is 1. The summed E-state index contributed by atoms with van der Waals surface area (Å²) in [6.45, 7) is 7.60. The van der Waals surface area contributed by atoms with E-state index in [9.17, 15) is 15.0 Å². The summed E-state index contributed by atoms with van der Waals surface area (Å²) < 4.78 is 11.8. The second-order valence-electron chi connectivity index (χ2n) is 6.45. The number of hydrogen-bond donors (Lipinski definition) is 3. The highest BCUT2D eigenvalue weighted by Crippen LogP contribution is 2.37. The monoisotopic (exact) mass is 308 g/mol. The minimum atomic E-state index is -1.91. The van der Waals surface area contributed by atoms with Gasteiger partial charge in [-0.05, 0) is 38.7 Å². The molecule has 1 aliphatic rings. The molecule has 1 saturated heterocycles. The van der Waals surface area contributed by atoms with Gasteiger partial charge in [0.15, 0.2) is 6.10 Å². The van der Waals surface area contributed by atoms with Gasteiger partial charge in [-0.15, -0.1) is 0 Å². The maximum absolute atomic E-state index is 10.9. The van der Waals surface area contributed by atoms with Crippen molar-refractivity contribution in [1.29, 1.82) is 0 Å². The minimum Gasteiger partial charge on any atom is -0.479 e. The van der Waals surface area contributed by atoms with Crippen molar-refractivity contribution >= 4 is 18.6 Å². The molecule has 1 aromatic carbocycles. The van der Waals surface area contributed by atoms with E-state index in [1.165, 1.54) is 0 Å². The lowest BCUT2D eigenvalue weighted by molar-refractivity contribution is -0.153. The molecular weight excluding hydrogens is 287 g/mol. The van der Waals surface area contributed by atoms with Crippen LogP contribution in [0.2, 0.25) is 0 Å². The van der Waals surface area contributed by atoms with Crippen LogP contribution < -0.4 is 5.46 Å². The average Bonchev–Trinajstić information content (AvgIpc) is 2.65. The van der Waals surface area contributed by atoms with E-state index in [0.717, 1.165) is 0 Å². The van der Waals surface area contributed by atoms with Crippen LogP contribution >= 0.6 is 0 Å². The number of carboxylic acids is 1. The highest BCUT2D eigenvalue weighted by Gasteiger charge is 2.52. The third kappa shape index (κ3) is 2.89. The molecule has 1 heterocycles. The van der Waals surface area contributed by atoms with Crippen LogP contribution in [0.25, 0.3) is 0 Å². The van der Waals surface area contributed by atoms with Gasteiger partial charge in [0.25, 0.3) is 0 Å². The molecule has 1 fully saturated rings. The molecule has 6 nitrogen and oxygen atoms in total. The lowest BCUT2D eigenvalue weighted by Gasteiger charge is -2.32. The first-order valence-corrected chi connectivity index (χ1v) is 7.10. The van der Waals surface area contributed by atoms with Crippen LogP contribution in [0.5, 0.6) is 0 Å². The number of aliphatic hydroxyl groups excluding tert-OH is 2. The van der Waals surface area contributed by atoms with Gasteiger partial charge in [-0.1, -0.05) is 24.3 Å². The number of carboxylic acid groups (broad SMARTS) is 1. The molecular formula is C15H21BO6. The fourth-order valence-electron chi connectivity index (χ4n) is 2.27. The van der Waals surface area contributed by atoms with E-state index in [-0.39, 0.29) is 5.56 Å². The summed E-state index contributed by atoms with van der Waals surface area (Å²) in [5.74, 6) is -1.49. The third-order valence-corrected chi connectivity index (χ3v) is 4.37. The third-order valence-electron chi connectivity index (χ3n) is 4.37. The van der Waals surface area contributed by atoms with Crippen molar-refractivity contribution in [1.82, 2.24) is 0 Å². The first kappa shape index (κ1) is 17.0. The molecule has 22 heavy (non-hydrogen) atoms. The Balaban J connectivity index is 2.36. The lowest BCUT2D eigenvalue weighted by atomic mass is 9.74. The smallest absolute Gasteiger partial charge is 0.479 e. The van der Waals surface area contributed by atoms with Gasteiger partial charge >= 0.3 is 13.1 Å². The largest absolute Gasteiger partial charge is 0.495 e. The molecule has 2 unspecified atom stereocenters. The van der Waals surface area contributed by atoms with Crippen LogP contribution in [0.1, 0.15) is 39.4 Å². The Labute approximate surface area is 129 Å². The SMILES string of the molecule is CC1(C)OB(c2ccccc2C(O)C(O)C(=O)O)OC1(C)C. The van der Waals surface area contributed by atoms with Crippen LogP contribution in [0.3, 0.4) is 0 Å². The summed E-state index contributed by atoms with van der Waals surface area (Å²) in [5, 5.41) is 28.6. The van der Waals surface area contributed by atoms with Crippen molar-refractivity contribution in [3.8, 4) is 0 Å². The Bertz CT molecular complexity index is 555. The van der Waals surface area contributed by atoms with Crippen molar-refractivity contribution in [2.24, 2.45) is 0 Å². The summed E-state index contributed by atoms with van der Waals surface area (Å²) >= 11 is 0. The second kappa shape index (κ2) is 5.66. The van der Waals surface area contributed by atoms with Crippen LogP contribution in [0, 0.1) is 0 Å². The van der Waals surface area contributed by atoms with E-state index in [0.29, 0.717) is 5.46 Å². The number of aliphatic carboxylic acids is 1. The molecule has 0 bridgehead atoms. The van der Waals surface area contributed by atoms with Crippen LogP contribution in [-0.4, -0.2) is 45.7 Å². The van der Waals surface area contributed by atoms with Gasteiger partial charge in [0.05, 0.1) is 11.2 Å². The molecule has 0 radical (unpaired) electrons. The predicted molar refractivity (Wildman–Crippen MR) is 80.8 cm³/mol. The molecule has 3 N–H and O–H groups in total. The van der Waals surface area contributed by atoms with Crippen LogP contribution in [0.4, 0.5) is 0 Å². The Morgan fingerprint density at radius 1 is 1.09 bits per heavy atom. The van der Waals surface area contributed by atoms with E-state index in [1.807, 2.05) is 27.7 Å². The van der Waals surface area contributed by atoms with E-state index < -0.39 is 36.5 Å². The summed E-state index contributed by atoms with van der Waals surface area (Å²) in [6, 6.07) is 6.64. The molecule has 0 saturated carbocycles. The summed E-state index contributed by atoms with van der Waals surface area (Å²) in [5.41, 5.74) is -0.327. The van der Waals surface area contributed by atoms with Crippen molar-refractivity contribution in [3.05, 3.63) is 29.8 Å². The van der Waals surface area contributed by atoms with Crippen molar-refractivity contribution < 1.29 is 29.4 Å². The summed E-state index contributed by atoms with van der Waals surface area (Å²) in [7, 11) is -0.739. The summed E-state index contributed by atoms with van der Waals surface area (Å²) in [6.07, 6.45) is -3.48. The van der Waals surface area contributed by atoms with E-state index >= 15 is 0 Å². The predicted octanol–water partition coefficient (Wildman–Crippen LogP) is 0.465. The molecule has 1 aromatic rings. The first-order chi connectivity index (χ1) is 10.1. The number of rotatable bonds is 4. The molecule has 0 aliphatic carbocycles. The molecule has 0 amide bonds. The van der Waals surface area contributed by atoms with Gasteiger partial charge in [-0.3, -0.25) is 0 Å². The number of aliphatic hydroxyl groups is 2. The first-order valence-electron chi connectivity index (χ1n) is 7.10. The number of hydrogen-bond acceptors (Lipinski definition) is 5. The van der Waals surface area contributed by atoms with E-state index in [2.05, 4.69) is 0 Å². The van der Waals surface area contributed by atoms with E-state index in [4.69, 9.17) is 14.4 Å².